The third kappa shape index (κ3) is 4.81. The molecule has 7 heteroatoms. The molecule has 3 aromatic rings. The molecule has 2 aromatic heterocycles. The fourth-order valence-corrected chi connectivity index (χ4v) is 3.41. The normalized spacial score (nSPS) is 11.9. The molecule has 0 spiro atoms. The summed E-state index contributed by atoms with van der Waals surface area (Å²) in [6.07, 6.45) is 1.73. The van der Waals surface area contributed by atoms with E-state index in [2.05, 4.69) is 53.6 Å². The maximum atomic E-state index is 9.34. The van der Waals surface area contributed by atoms with Crippen molar-refractivity contribution in [2.24, 2.45) is 0 Å². The number of aromatic nitrogens is 3. The number of nitrogens with zero attached hydrogens (tertiary/aromatic N) is 3. The van der Waals surface area contributed by atoms with Gasteiger partial charge in [0.15, 0.2) is 0 Å². The number of nitrogens with one attached hydrogen (secondary N) is 2. The van der Waals surface area contributed by atoms with Gasteiger partial charge in [-0.05, 0) is 56.2 Å². The fourth-order valence-electron chi connectivity index (χ4n) is 2.72. The number of rotatable bonds is 6. The summed E-state index contributed by atoms with van der Waals surface area (Å²) in [4.78, 5) is 13.5. The van der Waals surface area contributed by atoms with Gasteiger partial charge in [0.25, 0.3) is 0 Å². The molecule has 0 aliphatic rings. The third-order valence-electron chi connectivity index (χ3n) is 4.05. The Hall–Kier alpha value is -2.51. The van der Waals surface area contributed by atoms with Crippen LogP contribution in [0.4, 0.5) is 17.5 Å². The molecule has 27 heavy (non-hydrogen) atoms. The van der Waals surface area contributed by atoms with Gasteiger partial charge in [-0.2, -0.15) is 4.98 Å². The Balaban J connectivity index is 2.02. The van der Waals surface area contributed by atoms with Crippen molar-refractivity contribution in [1.29, 1.82) is 0 Å². The van der Waals surface area contributed by atoms with Gasteiger partial charge in [-0.1, -0.05) is 22.0 Å². The largest absolute Gasteiger partial charge is 0.394 e. The van der Waals surface area contributed by atoms with Crippen LogP contribution in [-0.2, 0) is 0 Å². The number of benzene rings is 1. The van der Waals surface area contributed by atoms with Crippen molar-refractivity contribution in [1.82, 2.24) is 15.0 Å². The number of aryl methyl sites for hydroxylation is 2. The molecule has 0 aliphatic heterocycles. The quantitative estimate of drug-likeness (QED) is 0.538. The minimum Gasteiger partial charge on any atom is -0.394 e. The molecule has 0 fully saturated rings. The molecule has 0 amide bonds. The van der Waals surface area contributed by atoms with Gasteiger partial charge >= 0.3 is 0 Å². The lowest BCUT2D eigenvalue weighted by Crippen LogP contribution is -2.21. The summed E-state index contributed by atoms with van der Waals surface area (Å²) in [6.45, 7) is 5.96. The second kappa shape index (κ2) is 8.45. The van der Waals surface area contributed by atoms with Crippen molar-refractivity contribution in [3.8, 4) is 11.4 Å². The molecule has 1 atom stereocenters. The first-order valence-corrected chi connectivity index (χ1v) is 9.47. The van der Waals surface area contributed by atoms with Crippen LogP contribution in [0.25, 0.3) is 11.4 Å². The van der Waals surface area contributed by atoms with Crippen molar-refractivity contribution in [2.75, 3.05) is 17.2 Å². The second-order valence-electron chi connectivity index (χ2n) is 6.44. The van der Waals surface area contributed by atoms with Crippen LogP contribution in [0.1, 0.15) is 18.1 Å². The highest BCUT2D eigenvalue weighted by Gasteiger charge is 2.12. The summed E-state index contributed by atoms with van der Waals surface area (Å²) in [5.41, 5.74) is 4.68. The molecule has 0 saturated heterocycles. The Morgan fingerprint density at radius 3 is 2.44 bits per heavy atom. The van der Waals surface area contributed by atoms with E-state index in [9.17, 15) is 5.11 Å². The molecule has 0 aliphatic carbocycles. The summed E-state index contributed by atoms with van der Waals surface area (Å²) >= 11 is 3.53. The summed E-state index contributed by atoms with van der Waals surface area (Å²) < 4.78 is 1.04. The van der Waals surface area contributed by atoms with Crippen LogP contribution >= 0.6 is 15.9 Å². The van der Waals surface area contributed by atoms with E-state index in [1.807, 2.05) is 45.0 Å². The molecule has 2 heterocycles. The van der Waals surface area contributed by atoms with Crippen LogP contribution in [0.3, 0.4) is 0 Å². The smallest absolute Gasteiger partial charge is 0.225 e. The lowest BCUT2D eigenvalue weighted by Gasteiger charge is -2.16. The summed E-state index contributed by atoms with van der Waals surface area (Å²) in [5.74, 6) is 1.10. The van der Waals surface area contributed by atoms with E-state index >= 15 is 0 Å². The number of hydrogen-bond acceptors (Lipinski definition) is 6. The fraction of sp³-hybridized carbons (Fsp3) is 0.250. The molecular weight excluding hydrogens is 406 g/mol. The van der Waals surface area contributed by atoms with E-state index in [-0.39, 0.29) is 12.6 Å². The van der Waals surface area contributed by atoms with E-state index in [0.29, 0.717) is 17.5 Å². The SMILES string of the molecule is Cc1cc(Br)cc(C)c1Nc1cc(-c2ccccn2)nc(N[C@@H](C)CO)n1. The first kappa shape index (κ1) is 19.3. The van der Waals surface area contributed by atoms with Crippen LogP contribution in [-0.4, -0.2) is 32.7 Å². The Morgan fingerprint density at radius 2 is 1.81 bits per heavy atom. The Bertz CT molecular complexity index is 910. The van der Waals surface area contributed by atoms with E-state index in [1.54, 1.807) is 6.20 Å². The van der Waals surface area contributed by atoms with Gasteiger partial charge in [-0.25, -0.2) is 4.98 Å². The lowest BCUT2D eigenvalue weighted by molar-refractivity contribution is 0.281. The topological polar surface area (TPSA) is 83.0 Å². The summed E-state index contributed by atoms with van der Waals surface area (Å²) in [5, 5.41) is 15.9. The van der Waals surface area contributed by atoms with Crippen LogP contribution in [0.5, 0.6) is 0 Å². The van der Waals surface area contributed by atoms with Gasteiger partial charge in [0, 0.05) is 28.5 Å². The van der Waals surface area contributed by atoms with Gasteiger partial charge in [-0.3, -0.25) is 4.98 Å². The second-order valence-corrected chi connectivity index (χ2v) is 7.36. The molecule has 1 aromatic carbocycles. The first-order valence-electron chi connectivity index (χ1n) is 8.68. The number of hydrogen-bond donors (Lipinski definition) is 3. The van der Waals surface area contributed by atoms with E-state index in [0.717, 1.165) is 27.0 Å². The van der Waals surface area contributed by atoms with Gasteiger partial charge < -0.3 is 15.7 Å². The zero-order chi connectivity index (χ0) is 19.4. The van der Waals surface area contributed by atoms with E-state index in [1.165, 1.54) is 0 Å². The highest BCUT2D eigenvalue weighted by molar-refractivity contribution is 9.10. The Morgan fingerprint density at radius 1 is 1.07 bits per heavy atom. The lowest BCUT2D eigenvalue weighted by atomic mass is 10.1. The van der Waals surface area contributed by atoms with Crippen molar-refractivity contribution in [3.63, 3.8) is 0 Å². The maximum Gasteiger partial charge on any atom is 0.225 e. The first-order chi connectivity index (χ1) is 13.0. The molecule has 3 rings (SSSR count). The number of aliphatic hydroxyl groups excluding tert-OH is 1. The van der Waals surface area contributed by atoms with Gasteiger partial charge in [0.05, 0.1) is 18.0 Å². The van der Waals surface area contributed by atoms with E-state index in [4.69, 9.17) is 0 Å². The van der Waals surface area contributed by atoms with Crippen LogP contribution in [0, 0.1) is 13.8 Å². The van der Waals surface area contributed by atoms with Crippen molar-refractivity contribution in [2.45, 2.75) is 26.8 Å². The number of pyridine rings is 1. The maximum absolute atomic E-state index is 9.34. The van der Waals surface area contributed by atoms with Crippen molar-refractivity contribution < 1.29 is 5.11 Å². The predicted octanol–water partition coefficient (Wildman–Crippen LogP) is 4.45. The molecule has 140 valence electrons. The Labute approximate surface area is 167 Å². The standard InChI is InChI=1S/C20H22BrN5O/c1-12-8-15(21)9-13(2)19(12)25-18-10-17(16-6-4-5-7-22-16)24-20(26-18)23-14(3)11-27/h4-10,14,27H,11H2,1-3H3,(H2,23,24,25,26)/t14-/m0/s1. The van der Waals surface area contributed by atoms with Crippen LogP contribution in [0.2, 0.25) is 0 Å². The Kier molecular flexibility index (Phi) is 6.03. The molecular formula is C20H22BrN5O. The highest BCUT2D eigenvalue weighted by Crippen LogP contribution is 2.29. The molecule has 0 radical (unpaired) electrons. The average Bonchev–Trinajstić information content (AvgIpc) is 2.65. The monoisotopic (exact) mass is 427 g/mol. The third-order valence-corrected chi connectivity index (χ3v) is 4.51. The summed E-state index contributed by atoms with van der Waals surface area (Å²) in [7, 11) is 0. The van der Waals surface area contributed by atoms with E-state index < -0.39 is 0 Å². The highest BCUT2D eigenvalue weighted by atomic mass is 79.9. The predicted molar refractivity (Wildman–Crippen MR) is 112 cm³/mol. The zero-order valence-electron chi connectivity index (χ0n) is 15.5. The average molecular weight is 428 g/mol. The van der Waals surface area contributed by atoms with Gasteiger partial charge in [0.1, 0.15) is 5.82 Å². The minimum atomic E-state index is -0.159. The molecule has 6 nitrogen and oxygen atoms in total. The zero-order valence-corrected chi connectivity index (χ0v) is 17.1. The molecule has 0 saturated carbocycles. The minimum absolute atomic E-state index is 0.00906. The number of aliphatic hydroxyl groups is 1. The van der Waals surface area contributed by atoms with Gasteiger partial charge in [0.2, 0.25) is 5.95 Å². The van der Waals surface area contributed by atoms with Gasteiger partial charge in [-0.15, -0.1) is 0 Å². The van der Waals surface area contributed by atoms with Crippen molar-refractivity contribution in [3.05, 3.63) is 58.2 Å². The number of halogens is 1. The van der Waals surface area contributed by atoms with Crippen LogP contribution < -0.4 is 10.6 Å². The summed E-state index contributed by atoms with van der Waals surface area (Å²) in [6, 6.07) is 11.5. The van der Waals surface area contributed by atoms with Crippen molar-refractivity contribution >= 4 is 33.4 Å². The molecule has 0 unspecified atom stereocenters. The molecule has 3 N–H and O–H groups in total. The number of anilines is 3. The van der Waals surface area contributed by atoms with Crippen LogP contribution in [0.15, 0.2) is 47.1 Å². The molecule has 0 bridgehead atoms.